The van der Waals surface area contributed by atoms with Gasteiger partial charge in [-0.3, -0.25) is 10.1 Å². The minimum absolute atomic E-state index is 0.125. The van der Waals surface area contributed by atoms with E-state index in [2.05, 4.69) is 5.32 Å². The number of nitrogens with two attached hydrogens (primary N) is 1. The van der Waals surface area contributed by atoms with Gasteiger partial charge in [-0.1, -0.05) is 6.07 Å². The molecule has 9 heteroatoms. The van der Waals surface area contributed by atoms with E-state index in [9.17, 15) is 18.0 Å². The average Bonchev–Trinajstić information content (AvgIpc) is 2.77. The molecule has 8 nitrogen and oxygen atoms in total. The van der Waals surface area contributed by atoms with Crippen LogP contribution in [-0.2, 0) is 19.6 Å². The topological polar surface area (TPSA) is 119 Å². The summed E-state index contributed by atoms with van der Waals surface area (Å²) >= 11 is 0. The molecule has 1 aromatic rings. The summed E-state index contributed by atoms with van der Waals surface area (Å²) in [5.74, 6) is -0.750. The normalized spacial score (nSPS) is 18.1. The van der Waals surface area contributed by atoms with Gasteiger partial charge in [-0.15, -0.1) is 0 Å². The largest absolute Gasteiger partial charge is 0.444 e. The fraction of sp³-hybridized carbons (Fsp3) is 0.529. The van der Waals surface area contributed by atoms with Gasteiger partial charge >= 0.3 is 6.09 Å². The Kier molecular flexibility index (Phi) is 5.62. The predicted octanol–water partition coefficient (Wildman–Crippen LogP) is 1.98. The van der Waals surface area contributed by atoms with E-state index in [0.717, 1.165) is 5.56 Å². The Morgan fingerprint density at radius 2 is 2.04 bits per heavy atom. The highest BCUT2D eigenvalue weighted by atomic mass is 32.2. The number of sulfonamides is 1. The highest BCUT2D eigenvalue weighted by Gasteiger charge is 2.33. The fourth-order valence-electron chi connectivity index (χ4n) is 2.85. The van der Waals surface area contributed by atoms with Gasteiger partial charge in [0.1, 0.15) is 5.60 Å². The van der Waals surface area contributed by atoms with Crippen molar-refractivity contribution in [1.29, 1.82) is 0 Å². The van der Waals surface area contributed by atoms with Crippen LogP contribution in [-0.4, -0.2) is 38.3 Å². The first-order valence-corrected chi connectivity index (χ1v) is 9.97. The maximum Gasteiger partial charge on any atom is 0.412 e. The third kappa shape index (κ3) is 5.70. The van der Waals surface area contributed by atoms with E-state index in [1.54, 1.807) is 39.0 Å². The number of hydrogen-bond acceptors (Lipinski definition) is 5. The van der Waals surface area contributed by atoms with E-state index >= 15 is 0 Å². The maximum atomic E-state index is 12.3. The number of aryl methyl sites for hydroxylation is 1. The SMILES string of the molecule is Cc1ccc(NC(=O)OC(C)(C)C)cc1N1CC(CS(N)(=O)=O)CC1=O. The van der Waals surface area contributed by atoms with Crippen molar-refractivity contribution < 1.29 is 22.7 Å². The third-order valence-electron chi connectivity index (χ3n) is 3.82. The fourth-order valence-corrected chi connectivity index (χ4v) is 3.73. The second-order valence-corrected chi connectivity index (χ2v) is 9.19. The van der Waals surface area contributed by atoms with Gasteiger partial charge < -0.3 is 9.64 Å². The molecular weight excluding hydrogens is 358 g/mol. The van der Waals surface area contributed by atoms with Gasteiger partial charge in [0.25, 0.3) is 0 Å². The highest BCUT2D eigenvalue weighted by molar-refractivity contribution is 7.89. The Morgan fingerprint density at radius 1 is 1.38 bits per heavy atom. The van der Waals surface area contributed by atoms with Crippen molar-refractivity contribution in [2.24, 2.45) is 11.1 Å². The first-order chi connectivity index (χ1) is 11.8. The molecule has 1 unspecified atom stereocenters. The number of anilines is 2. The van der Waals surface area contributed by atoms with Crippen LogP contribution in [0.3, 0.4) is 0 Å². The van der Waals surface area contributed by atoms with E-state index in [1.807, 2.05) is 6.92 Å². The van der Waals surface area contributed by atoms with Crippen LogP contribution in [0.1, 0.15) is 32.8 Å². The zero-order valence-electron chi connectivity index (χ0n) is 15.4. The lowest BCUT2D eigenvalue weighted by molar-refractivity contribution is -0.117. The number of hydrogen-bond donors (Lipinski definition) is 2. The van der Waals surface area contributed by atoms with Crippen molar-refractivity contribution >= 4 is 33.4 Å². The van der Waals surface area contributed by atoms with Gasteiger partial charge in [0.2, 0.25) is 15.9 Å². The van der Waals surface area contributed by atoms with Crippen LogP contribution in [0.15, 0.2) is 18.2 Å². The number of carbonyl (C=O) groups excluding carboxylic acids is 2. The molecule has 0 spiro atoms. The van der Waals surface area contributed by atoms with Crippen molar-refractivity contribution in [3.63, 3.8) is 0 Å². The summed E-state index contributed by atoms with van der Waals surface area (Å²) in [6, 6.07) is 5.17. The lowest BCUT2D eigenvalue weighted by Gasteiger charge is -2.22. The molecule has 1 fully saturated rings. The van der Waals surface area contributed by atoms with E-state index in [4.69, 9.17) is 9.88 Å². The Balaban J connectivity index is 2.17. The number of primary sulfonamides is 1. The van der Waals surface area contributed by atoms with Crippen LogP contribution in [0.2, 0.25) is 0 Å². The van der Waals surface area contributed by atoms with Crippen LogP contribution < -0.4 is 15.4 Å². The second kappa shape index (κ2) is 7.24. The summed E-state index contributed by atoms with van der Waals surface area (Å²) in [6.45, 7) is 7.41. The first-order valence-electron chi connectivity index (χ1n) is 8.25. The number of ether oxygens (including phenoxy) is 1. The monoisotopic (exact) mass is 383 g/mol. The van der Waals surface area contributed by atoms with Crippen LogP contribution in [0.25, 0.3) is 0 Å². The van der Waals surface area contributed by atoms with Gasteiger partial charge in [0.05, 0.1) is 5.75 Å². The summed E-state index contributed by atoms with van der Waals surface area (Å²) in [6.07, 6.45) is -0.466. The van der Waals surface area contributed by atoms with Crippen LogP contribution in [0.5, 0.6) is 0 Å². The summed E-state index contributed by atoms with van der Waals surface area (Å²) in [7, 11) is -3.64. The van der Waals surface area contributed by atoms with Crippen molar-refractivity contribution in [2.75, 3.05) is 22.5 Å². The van der Waals surface area contributed by atoms with Gasteiger partial charge in [0, 0.05) is 30.3 Å². The van der Waals surface area contributed by atoms with Gasteiger partial charge in [-0.2, -0.15) is 0 Å². The van der Waals surface area contributed by atoms with Gasteiger partial charge in [0.15, 0.2) is 0 Å². The summed E-state index contributed by atoms with van der Waals surface area (Å²) in [5.41, 5.74) is 1.33. The average molecular weight is 383 g/mol. The van der Waals surface area contributed by atoms with Crippen molar-refractivity contribution in [3.05, 3.63) is 23.8 Å². The molecule has 1 heterocycles. The molecule has 2 rings (SSSR count). The lowest BCUT2D eigenvalue weighted by atomic mass is 10.1. The minimum Gasteiger partial charge on any atom is -0.444 e. The summed E-state index contributed by atoms with van der Waals surface area (Å²) < 4.78 is 27.8. The molecule has 0 radical (unpaired) electrons. The standard InChI is InChI=1S/C17H25N3O5S/c1-11-5-6-13(19-16(22)25-17(2,3)4)8-14(11)20-9-12(7-15(20)21)10-26(18,23)24/h5-6,8,12H,7,9-10H2,1-4H3,(H,19,22)(H2,18,23,24). The van der Waals surface area contributed by atoms with Crippen LogP contribution >= 0.6 is 0 Å². The summed E-state index contributed by atoms with van der Waals surface area (Å²) in [5, 5.41) is 7.72. The number of amides is 2. The zero-order chi connectivity index (χ0) is 19.7. The molecule has 3 N–H and O–H groups in total. The van der Waals surface area contributed by atoms with E-state index in [0.29, 0.717) is 11.4 Å². The highest BCUT2D eigenvalue weighted by Crippen LogP contribution is 2.30. The molecule has 26 heavy (non-hydrogen) atoms. The number of benzene rings is 1. The number of nitrogens with zero attached hydrogens (tertiary/aromatic N) is 1. The van der Waals surface area contributed by atoms with Crippen LogP contribution in [0.4, 0.5) is 16.2 Å². The molecule has 1 aliphatic rings. The quantitative estimate of drug-likeness (QED) is 0.824. The third-order valence-corrected chi connectivity index (χ3v) is 4.75. The van der Waals surface area contributed by atoms with Gasteiger partial charge in [-0.25, -0.2) is 18.4 Å². The van der Waals surface area contributed by atoms with Crippen molar-refractivity contribution in [2.45, 2.75) is 39.7 Å². The Hall–Kier alpha value is -2.13. The molecule has 0 aromatic heterocycles. The second-order valence-electron chi connectivity index (χ2n) is 7.53. The van der Waals surface area contributed by atoms with E-state index in [-0.39, 0.29) is 30.5 Å². The molecule has 0 bridgehead atoms. The number of nitrogens with one attached hydrogen (secondary N) is 1. The van der Waals surface area contributed by atoms with E-state index in [1.165, 1.54) is 4.90 Å². The molecule has 0 saturated carbocycles. The Labute approximate surface area is 153 Å². The molecule has 1 aliphatic heterocycles. The molecule has 144 valence electrons. The Morgan fingerprint density at radius 3 is 2.62 bits per heavy atom. The maximum absolute atomic E-state index is 12.3. The lowest BCUT2D eigenvalue weighted by Crippen LogP contribution is -2.29. The van der Waals surface area contributed by atoms with E-state index < -0.39 is 21.7 Å². The molecule has 1 atom stereocenters. The predicted molar refractivity (Wildman–Crippen MR) is 99.5 cm³/mol. The summed E-state index contributed by atoms with van der Waals surface area (Å²) in [4.78, 5) is 25.8. The van der Waals surface area contributed by atoms with Crippen molar-refractivity contribution in [3.8, 4) is 0 Å². The molecular formula is C17H25N3O5S. The minimum atomic E-state index is -3.64. The smallest absolute Gasteiger partial charge is 0.412 e. The van der Waals surface area contributed by atoms with Crippen LogP contribution in [0, 0.1) is 12.8 Å². The van der Waals surface area contributed by atoms with Gasteiger partial charge in [-0.05, 0) is 45.4 Å². The number of rotatable bonds is 4. The van der Waals surface area contributed by atoms with Crippen molar-refractivity contribution in [1.82, 2.24) is 0 Å². The molecule has 2 amide bonds. The molecule has 1 saturated heterocycles. The number of carbonyl (C=O) groups is 2. The molecule has 0 aliphatic carbocycles. The zero-order valence-corrected chi connectivity index (χ0v) is 16.2. The first kappa shape index (κ1) is 20.2. The molecule has 1 aromatic carbocycles. The Bertz CT molecular complexity index is 814.